The summed E-state index contributed by atoms with van der Waals surface area (Å²) in [5.41, 5.74) is 4.68. The third kappa shape index (κ3) is 7.19. The first kappa shape index (κ1) is 20.0. The Kier molecular flexibility index (Phi) is 7.37. The number of nitrogens with one attached hydrogen (secondary N) is 2. The second kappa shape index (κ2) is 9.96. The number of anilines is 1. The zero-order chi connectivity index (χ0) is 19.6. The largest absolute Gasteiger partial charge is 0.497 e. The molecule has 0 saturated heterocycles. The number of nitrogens with zero attached hydrogens (tertiary/aromatic N) is 1. The van der Waals surface area contributed by atoms with E-state index in [2.05, 4.69) is 15.8 Å². The van der Waals surface area contributed by atoms with E-state index in [1.165, 1.54) is 0 Å². The van der Waals surface area contributed by atoms with E-state index >= 15 is 0 Å². The van der Waals surface area contributed by atoms with Crippen molar-refractivity contribution in [2.75, 3.05) is 19.0 Å². The number of hydrogen-bond acceptors (Lipinski definition) is 5. The van der Waals surface area contributed by atoms with Crippen LogP contribution in [-0.2, 0) is 9.59 Å². The Morgan fingerprint density at radius 1 is 1.04 bits per heavy atom. The van der Waals surface area contributed by atoms with Crippen molar-refractivity contribution in [3.05, 3.63) is 54.1 Å². The van der Waals surface area contributed by atoms with Crippen molar-refractivity contribution in [2.45, 2.75) is 20.3 Å². The Morgan fingerprint density at radius 3 is 2.44 bits per heavy atom. The number of methoxy groups -OCH3 is 1. The first-order valence-electron chi connectivity index (χ1n) is 8.41. The average Bonchev–Trinajstić information content (AvgIpc) is 2.66. The van der Waals surface area contributed by atoms with Crippen molar-refractivity contribution < 1.29 is 19.1 Å². The molecular weight excluding hydrogens is 346 g/mol. The minimum absolute atomic E-state index is 0.0743. The van der Waals surface area contributed by atoms with Gasteiger partial charge in [0.2, 0.25) is 5.91 Å². The molecule has 0 radical (unpaired) electrons. The van der Waals surface area contributed by atoms with Gasteiger partial charge in [0.25, 0.3) is 5.91 Å². The van der Waals surface area contributed by atoms with Gasteiger partial charge in [-0.2, -0.15) is 5.10 Å². The van der Waals surface area contributed by atoms with Crippen LogP contribution in [0.15, 0.2) is 53.6 Å². The molecule has 7 heteroatoms. The molecule has 2 aromatic rings. The van der Waals surface area contributed by atoms with E-state index < -0.39 is 5.91 Å². The zero-order valence-corrected chi connectivity index (χ0v) is 15.6. The Bertz CT molecular complexity index is 816. The first-order chi connectivity index (χ1) is 13.0. The molecule has 0 unspecified atom stereocenters. The van der Waals surface area contributed by atoms with E-state index in [9.17, 15) is 9.59 Å². The molecule has 0 saturated carbocycles. The van der Waals surface area contributed by atoms with Crippen LogP contribution in [0.1, 0.15) is 18.9 Å². The van der Waals surface area contributed by atoms with Gasteiger partial charge in [0.05, 0.1) is 13.5 Å². The summed E-state index contributed by atoms with van der Waals surface area (Å²) in [6, 6.07) is 14.4. The van der Waals surface area contributed by atoms with Crippen LogP contribution >= 0.6 is 0 Å². The van der Waals surface area contributed by atoms with Crippen LogP contribution in [0.25, 0.3) is 0 Å². The van der Waals surface area contributed by atoms with E-state index in [1.54, 1.807) is 38.3 Å². The summed E-state index contributed by atoms with van der Waals surface area (Å²) in [4.78, 5) is 23.8. The normalized spacial score (nSPS) is 10.9. The Balaban J connectivity index is 1.75. The van der Waals surface area contributed by atoms with Gasteiger partial charge >= 0.3 is 0 Å². The molecular formula is C20H23N3O4. The van der Waals surface area contributed by atoms with E-state index in [1.807, 2.05) is 31.2 Å². The second-order valence-corrected chi connectivity index (χ2v) is 5.94. The number of hydrazone groups is 1. The Labute approximate surface area is 158 Å². The molecule has 0 bridgehead atoms. The lowest BCUT2D eigenvalue weighted by atomic mass is 10.2. The lowest BCUT2D eigenvalue weighted by Gasteiger charge is -2.07. The van der Waals surface area contributed by atoms with Crippen LogP contribution in [0.4, 0.5) is 5.69 Å². The van der Waals surface area contributed by atoms with Crippen molar-refractivity contribution in [2.24, 2.45) is 5.10 Å². The molecule has 0 atom stereocenters. The summed E-state index contributed by atoms with van der Waals surface area (Å²) in [5.74, 6) is 0.530. The summed E-state index contributed by atoms with van der Waals surface area (Å²) in [5, 5.41) is 6.69. The highest BCUT2D eigenvalue weighted by Gasteiger charge is 2.06. The molecule has 0 heterocycles. The van der Waals surface area contributed by atoms with Gasteiger partial charge in [-0.05, 0) is 38.1 Å². The summed E-state index contributed by atoms with van der Waals surface area (Å²) >= 11 is 0. The highest BCUT2D eigenvalue weighted by molar-refractivity contribution is 6.05. The standard InChI is InChI=1S/C20H23N3O4/c1-14-7-9-16(10-8-14)21-19(24)11-15(2)22-23-20(25)13-27-18-6-4-5-17(12-18)26-3/h4-10,12H,11,13H2,1-3H3,(H,21,24)(H,23,25)/b22-15+. The Morgan fingerprint density at radius 2 is 1.74 bits per heavy atom. The highest BCUT2D eigenvalue weighted by Crippen LogP contribution is 2.18. The van der Waals surface area contributed by atoms with Crippen molar-refractivity contribution in [1.29, 1.82) is 0 Å². The van der Waals surface area contributed by atoms with Gasteiger partial charge in [0, 0.05) is 17.5 Å². The molecule has 0 spiro atoms. The molecule has 2 amide bonds. The van der Waals surface area contributed by atoms with Crippen LogP contribution in [0.3, 0.4) is 0 Å². The molecule has 2 N–H and O–H groups in total. The van der Waals surface area contributed by atoms with E-state index in [0.717, 1.165) is 5.56 Å². The second-order valence-electron chi connectivity index (χ2n) is 5.94. The number of rotatable bonds is 8. The molecule has 0 aliphatic heterocycles. The van der Waals surface area contributed by atoms with E-state index in [-0.39, 0.29) is 18.9 Å². The molecule has 0 aliphatic rings. The molecule has 0 aliphatic carbocycles. The van der Waals surface area contributed by atoms with Crippen LogP contribution in [-0.4, -0.2) is 31.2 Å². The van der Waals surface area contributed by atoms with E-state index in [0.29, 0.717) is 22.9 Å². The maximum Gasteiger partial charge on any atom is 0.277 e. The quantitative estimate of drug-likeness (QED) is 0.553. The number of carbonyl (C=O) groups is 2. The third-order valence-electron chi connectivity index (χ3n) is 3.53. The zero-order valence-electron chi connectivity index (χ0n) is 15.6. The highest BCUT2D eigenvalue weighted by atomic mass is 16.5. The molecule has 2 aromatic carbocycles. The lowest BCUT2D eigenvalue weighted by molar-refractivity contribution is -0.123. The minimum Gasteiger partial charge on any atom is -0.497 e. The van der Waals surface area contributed by atoms with Gasteiger partial charge in [-0.1, -0.05) is 23.8 Å². The van der Waals surface area contributed by atoms with Gasteiger partial charge in [-0.15, -0.1) is 0 Å². The molecule has 142 valence electrons. The number of aryl methyl sites for hydroxylation is 1. The monoisotopic (exact) mass is 369 g/mol. The molecule has 27 heavy (non-hydrogen) atoms. The van der Waals surface area contributed by atoms with Gasteiger partial charge in [0.15, 0.2) is 6.61 Å². The SMILES string of the molecule is COc1cccc(OCC(=O)N/N=C(\C)CC(=O)Nc2ccc(C)cc2)c1. The predicted octanol–water partition coefficient (Wildman–Crippen LogP) is 2.90. The summed E-state index contributed by atoms with van der Waals surface area (Å²) < 4.78 is 10.5. The minimum atomic E-state index is -0.420. The fourth-order valence-electron chi connectivity index (χ4n) is 2.14. The fourth-order valence-corrected chi connectivity index (χ4v) is 2.14. The maximum atomic E-state index is 12.0. The van der Waals surface area contributed by atoms with Crippen molar-refractivity contribution >= 4 is 23.2 Å². The molecule has 0 fully saturated rings. The molecule has 2 rings (SSSR count). The van der Waals surface area contributed by atoms with Gasteiger partial charge < -0.3 is 14.8 Å². The smallest absolute Gasteiger partial charge is 0.277 e. The van der Waals surface area contributed by atoms with Gasteiger partial charge in [0.1, 0.15) is 11.5 Å². The number of benzene rings is 2. The van der Waals surface area contributed by atoms with Crippen LogP contribution < -0.4 is 20.2 Å². The number of ether oxygens (including phenoxy) is 2. The van der Waals surface area contributed by atoms with Gasteiger partial charge in [-0.25, -0.2) is 5.43 Å². The first-order valence-corrected chi connectivity index (χ1v) is 8.41. The summed E-state index contributed by atoms with van der Waals surface area (Å²) in [6.45, 7) is 3.44. The van der Waals surface area contributed by atoms with Crippen molar-refractivity contribution in [3.8, 4) is 11.5 Å². The van der Waals surface area contributed by atoms with Gasteiger partial charge in [-0.3, -0.25) is 9.59 Å². The van der Waals surface area contributed by atoms with Crippen molar-refractivity contribution in [3.63, 3.8) is 0 Å². The topological polar surface area (TPSA) is 89.0 Å². The molecule has 0 aromatic heterocycles. The van der Waals surface area contributed by atoms with Crippen LogP contribution in [0, 0.1) is 6.92 Å². The summed E-state index contributed by atoms with van der Waals surface area (Å²) in [7, 11) is 1.55. The molecule has 7 nitrogen and oxygen atoms in total. The number of amides is 2. The number of carbonyl (C=O) groups excluding carboxylic acids is 2. The third-order valence-corrected chi connectivity index (χ3v) is 3.53. The lowest BCUT2D eigenvalue weighted by Crippen LogP contribution is -2.26. The average molecular weight is 369 g/mol. The predicted molar refractivity (Wildman–Crippen MR) is 104 cm³/mol. The number of hydrogen-bond donors (Lipinski definition) is 2. The van der Waals surface area contributed by atoms with E-state index in [4.69, 9.17) is 9.47 Å². The van der Waals surface area contributed by atoms with Crippen LogP contribution in [0.2, 0.25) is 0 Å². The van der Waals surface area contributed by atoms with Crippen LogP contribution in [0.5, 0.6) is 11.5 Å². The fraction of sp³-hybridized carbons (Fsp3) is 0.250. The van der Waals surface area contributed by atoms with Crippen molar-refractivity contribution in [1.82, 2.24) is 5.43 Å². The maximum absolute atomic E-state index is 12.0. The Hall–Kier alpha value is -3.35. The summed E-state index contributed by atoms with van der Waals surface area (Å²) in [6.07, 6.45) is 0.0743.